The monoisotopic (exact) mass is 436 g/mol. The van der Waals surface area contributed by atoms with Crippen molar-refractivity contribution in [1.82, 2.24) is 15.2 Å². The molecule has 0 fully saturated rings. The second-order valence-corrected chi connectivity index (χ2v) is 7.53. The number of anilines is 1. The molecule has 30 heavy (non-hydrogen) atoms. The number of hydrogen-bond acceptors (Lipinski definition) is 8. The number of thiazole rings is 1. The van der Waals surface area contributed by atoms with Crippen LogP contribution in [0, 0.1) is 0 Å². The number of nitrogens with zero attached hydrogens (tertiary/aromatic N) is 2. The molecule has 0 aliphatic rings. The molecule has 0 saturated heterocycles. The lowest BCUT2D eigenvalue weighted by Crippen LogP contribution is -2.38. The lowest BCUT2D eigenvalue weighted by Gasteiger charge is -2.24. The summed E-state index contributed by atoms with van der Waals surface area (Å²) in [5.74, 6) is -0.856. The third kappa shape index (κ3) is 5.61. The maximum absolute atomic E-state index is 12.5. The molecule has 0 radical (unpaired) electrons. The Labute approximate surface area is 180 Å². The summed E-state index contributed by atoms with van der Waals surface area (Å²) in [5, 5.41) is 17.5. The van der Waals surface area contributed by atoms with Crippen molar-refractivity contribution in [2.45, 2.75) is 26.8 Å². The van der Waals surface area contributed by atoms with E-state index in [4.69, 9.17) is 9.47 Å². The van der Waals surface area contributed by atoms with Gasteiger partial charge in [-0.1, -0.05) is 6.92 Å². The molecular weight excluding hydrogens is 408 g/mol. The second kappa shape index (κ2) is 10.8. The van der Waals surface area contributed by atoms with Crippen molar-refractivity contribution in [2.75, 3.05) is 39.2 Å². The van der Waals surface area contributed by atoms with Crippen LogP contribution >= 0.6 is 11.3 Å². The van der Waals surface area contributed by atoms with Crippen LogP contribution in [0.15, 0.2) is 17.5 Å². The first kappa shape index (κ1) is 23.4. The van der Waals surface area contributed by atoms with Crippen LogP contribution < -0.4 is 20.1 Å². The van der Waals surface area contributed by atoms with Gasteiger partial charge in [0.25, 0.3) is 11.8 Å². The van der Waals surface area contributed by atoms with E-state index >= 15 is 0 Å². The van der Waals surface area contributed by atoms with E-state index in [1.165, 1.54) is 26.4 Å². The van der Waals surface area contributed by atoms with Gasteiger partial charge in [0.1, 0.15) is 5.69 Å². The van der Waals surface area contributed by atoms with Gasteiger partial charge in [-0.15, -0.1) is 11.3 Å². The first-order valence-electron chi connectivity index (χ1n) is 9.55. The number of ether oxygens (including phenoxy) is 2. The minimum atomic E-state index is -0.578. The van der Waals surface area contributed by atoms with Crippen LogP contribution in [0.5, 0.6) is 17.2 Å². The molecular formula is C20H28N4O5S. The Balaban J connectivity index is 2.00. The third-order valence-corrected chi connectivity index (χ3v) is 5.30. The Bertz CT molecular complexity index is 884. The Kier molecular flexibility index (Phi) is 8.43. The number of hydrogen-bond donors (Lipinski definition) is 3. The first-order valence-corrected chi connectivity index (χ1v) is 10.4. The molecule has 1 heterocycles. The van der Waals surface area contributed by atoms with Gasteiger partial charge in [0.05, 0.1) is 19.8 Å². The molecule has 0 spiro atoms. The molecule has 9 nitrogen and oxygen atoms in total. The van der Waals surface area contributed by atoms with Crippen molar-refractivity contribution in [2.24, 2.45) is 0 Å². The summed E-state index contributed by atoms with van der Waals surface area (Å²) in [7, 11) is 2.80. The fraction of sp³-hybridized carbons (Fsp3) is 0.450. The zero-order valence-electron chi connectivity index (χ0n) is 17.8. The minimum absolute atomic E-state index is 0.00203. The van der Waals surface area contributed by atoms with Crippen molar-refractivity contribution in [1.29, 1.82) is 0 Å². The standard InChI is InChI=1S/C20H28N4O5S/c1-6-24(12(2)3)10-9-21-19(27)14-11-30-20(22-14)23-18(26)13-7-8-15(28-4)17(29-5)16(13)25/h7-8,11-12,25H,6,9-10H2,1-5H3,(H,21,27)(H,22,23,26). The van der Waals surface area contributed by atoms with E-state index in [1.54, 1.807) is 5.38 Å². The normalized spacial score (nSPS) is 10.9. The number of aromatic nitrogens is 1. The highest BCUT2D eigenvalue weighted by Gasteiger charge is 2.20. The summed E-state index contributed by atoms with van der Waals surface area (Å²) in [4.78, 5) is 31.2. The van der Waals surface area contributed by atoms with E-state index < -0.39 is 5.91 Å². The molecule has 2 aromatic rings. The number of likely N-dealkylation sites (N-methyl/N-ethyl adjacent to an activating group) is 1. The molecule has 0 atom stereocenters. The Morgan fingerprint density at radius 2 is 1.97 bits per heavy atom. The number of aromatic hydroxyl groups is 1. The van der Waals surface area contributed by atoms with E-state index in [9.17, 15) is 14.7 Å². The number of carbonyl (C=O) groups excluding carboxylic acids is 2. The number of benzene rings is 1. The summed E-state index contributed by atoms with van der Waals surface area (Å²) in [6.45, 7) is 8.44. The van der Waals surface area contributed by atoms with E-state index in [1.807, 2.05) is 0 Å². The summed E-state index contributed by atoms with van der Waals surface area (Å²) in [6, 6.07) is 3.34. The molecule has 0 aliphatic carbocycles. The van der Waals surface area contributed by atoms with Crippen molar-refractivity contribution in [3.8, 4) is 17.2 Å². The van der Waals surface area contributed by atoms with Gasteiger partial charge >= 0.3 is 0 Å². The molecule has 0 saturated carbocycles. The van der Waals surface area contributed by atoms with E-state index in [-0.39, 0.29) is 33.8 Å². The lowest BCUT2D eigenvalue weighted by atomic mass is 10.1. The maximum Gasteiger partial charge on any atom is 0.270 e. The number of phenolic OH excluding ortho intramolecular Hbond substituents is 1. The molecule has 0 bridgehead atoms. The molecule has 1 aromatic heterocycles. The Morgan fingerprint density at radius 1 is 1.23 bits per heavy atom. The highest BCUT2D eigenvalue weighted by atomic mass is 32.1. The zero-order chi connectivity index (χ0) is 22.3. The predicted octanol–water partition coefficient (Wildman–Crippen LogP) is 2.58. The van der Waals surface area contributed by atoms with E-state index in [2.05, 4.69) is 41.3 Å². The molecule has 164 valence electrons. The highest BCUT2D eigenvalue weighted by Crippen LogP contribution is 2.39. The molecule has 2 rings (SSSR count). The summed E-state index contributed by atoms with van der Waals surface area (Å²) in [5.41, 5.74) is 0.224. The van der Waals surface area contributed by atoms with Gasteiger partial charge in [0.2, 0.25) is 5.75 Å². The average molecular weight is 437 g/mol. The van der Waals surface area contributed by atoms with Crippen LogP contribution in [0.3, 0.4) is 0 Å². The van der Waals surface area contributed by atoms with Gasteiger partial charge in [-0.3, -0.25) is 19.8 Å². The van der Waals surface area contributed by atoms with Gasteiger partial charge in [0.15, 0.2) is 16.6 Å². The Hall–Kier alpha value is -2.85. The number of methoxy groups -OCH3 is 2. The van der Waals surface area contributed by atoms with Gasteiger partial charge < -0.3 is 19.9 Å². The highest BCUT2D eigenvalue weighted by molar-refractivity contribution is 7.14. The zero-order valence-corrected chi connectivity index (χ0v) is 18.6. The number of carbonyl (C=O) groups is 2. The number of rotatable bonds is 10. The summed E-state index contributed by atoms with van der Waals surface area (Å²) in [6.07, 6.45) is 0. The maximum atomic E-state index is 12.5. The van der Waals surface area contributed by atoms with Gasteiger partial charge in [-0.2, -0.15) is 0 Å². The third-order valence-electron chi connectivity index (χ3n) is 4.54. The van der Waals surface area contributed by atoms with E-state index in [0.29, 0.717) is 18.3 Å². The first-order chi connectivity index (χ1) is 14.3. The fourth-order valence-electron chi connectivity index (χ4n) is 2.88. The molecule has 10 heteroatoms. The quantitative estimate of drug-likeness (QED) is 0.525. The van der Waals surface area contributed by atoms with Crippen LogP contribution in [0.25, 0.3) is 0 Å². The van der Waals surface area contributed by atoms with Crippen LogP contribution in [0.2, 0.25) is 0 Å². The fourth-order valence-corrected chi connectivity index (χ4v) is 3.56. The van der Waals surface area contributed by atoms with Crippen LogP contribution in [-0.2, 0) is 0 Å². The smallest absolute Gasteiger partial charge is 0.270 e. The number of phenols is 1. The van der Waals surface area contributed by atoms with Crippen molar-refractivity contribution in [3.63, 3.8) is 0 Å². The van der Waals surface area contributed by atoms with E-state index in [0.717, 1.165) is 24.4 Å². The van der Waals surface area contributed by atoms with Crippen LogP contribution in [-0.4, -0.2) is 66.7 Å². The van der Waals surface area contributed by atoms with Gasteiger partial charge in [0, 0.05) is 24.5 Å². The predicted molar refractivity (Wildman–Crippen MR) is 116 cm³/mol. The molecule has 2 amide bonds. The average Bonchev–Trinajstić information content (AvgIpc) is 3.18. The molecule has 0 aliphatic heterocycles. The van der Waals surface area contributed by atoms with Gasteiger partial charge in [-0.25, -0.2) is 4.98 Å². The second-order valence-electron chi connectivity index (χ2n) is 6.67. The topological polar surface area (TPSA) is 113 Å². The molecule has 0 unspecified atom stereocenters. The largest absolute Gasteiger partial charge is 0.504 e. The summed E-state index contributed by atoms with van der Waals surface area (Å²) < 4.78 is 10.2. The van der Waals surface area contributed by atoms with Crippen molar-refractivity contribution in [3.05, 3.63) is 28.8 Å². The lowest BCUT2D eigenvalue weighted by molar-refractivity contribution is 0.0940. The summed E-state index contributed by atoms with van der Waals surface area (Å²) >= 11 is 1.12. The minimum Gasteiger partial charge on any atom is -0.504 e. The van der Waals surface area contributed by atoms with Crippen molar-refractivity contribution < 1.29 is 24.2 Å². The Morgan fingerprint density at radius 3 is 2.57 bits per heavy atom. The number of nitrogens with one attached hydrogen (secondary N) is 2. The van der Waals surface area contributed by atoms with Gasteiger partial charge in [-0.05, 0) is 32.5 Å². The SMILES string of the molecule is CCN(CCNC(=O)c1csc(NC(=O)c2ccc(OC)c(OC)c2O)n1)C(C)C. The van der Waals surface area contributed by atoms with Crippen molar-refractivity contribution >= 4 is 28.3 Å². The van der Waals surface area contributed by atoms with Crippen LogP contribution in [0.4, 0.5) is 5.13 Å². The molecule has 3 N–H and O–H groups in total. The number of amides is 2. The molecule has 1 aromatic carbocycles. The van der Waals surface area contributed by atoms with Crippen LogP contribution in [0.1, 0.15) is 41.6 Å².